The zero-order valence-corrected chi connectivity index (χ0v) is 19.2. The van der Waals surface area contributed by atoms with Crippen LogP contribution in [0, 0.1) is 38.0 Å². The van der Waals surface area contributed by atoms with Gasteiger partial charge in [0.2, 0.25) is 0 Å². The molecule has 3 amide bonds. The number of hydrazine groups is 1. The molecule has 0 spiro atoms. The van der Waals surface area contributed by atoms with E-state index in [2.05, 4.69) is 0 Å². The monoisotopic (exact) mass is 494 g/mol. The van der Waals surface area contributed by atoms with Crippen LogP contribution in [0.15, 0.2) is 48.5 Å². The number of nitro groups is 2. The number of non-ortho nitro benzene ring substituents is 2. The molecule has 36 heavy (non-hydrogen) atoms. The fourth-order valence-corrected chi connectivity index (χ4v) is 4.77. The van der Waals surface area contributed by atoms with Crippen LogP contribution in [0.5, 0.6) is 0 Å². The van der Waals surface area contributed by atoms with Crippen LogP contribution in [0.1, 0.15) is 46.9 Å². The summed E-state index contributed by atoms with van der Waals surface area (Å²) < 4.78 is 0. The molecule has 12 heteroatoms. The molecule has 2 aromatic carbocycles. The molecule has 2 aromatic rings. The van der Waals surface area contributed by atoms with Crippen LogP contribution >= 0.6 is 0 Å². The summed E-state index contributed by atoms with van der Waals surface area (Å²) in [5.41, 5.74) is -1.01. The first-order valence-electron chi connectivity index (χ1n) is 11.3. The van der Waals surface area contributed by atoms with Crippen molar-refractivity contribution >= 4 is 34.9 Å². The maximum absolute atomic E-state index is 13.5. The molecule has 1 saturated heterocycles. The SMILES string of the molecule is C[C@@H]1CC[C@H]2C(=O)N(N(CC(=O)c3cccc([N+](=O)[O-])c3)C(=O)c3cccc([N+](=O)[O-])c3)C(=O)[C@H]2C1. The number of imide groups is 1. The summed E-state index contributed by atoms with van der Waals surface area (Å²) in [7, 11) is 0. The van der Waals surface area contributed by atoms with Gasteiger partial charge in [-0.15, -0.1) is 0 Å². The van der Waals surface area contributed by atoms with Crippen LogP contribution < -0.4 is 0 Å². The number of nitrogens with zero attached hydrogens (tertiary/aromatic N) is 4. The first-order valence-corrected chi connectivity index (χ1v) is 11.3. The molecule has 1 heterocycles. The number of carbonyl (C=O) groups excluding carboxylic acids is 4. The number of benzene rings is 2. The Hall–Kier alpha value is -4.48. The van der Waals surface area contributed by atoms with Crippen molar-refractivity contribution in [3.05, 3.63) is 79.9 Å². The lowest BCUT2D eigenvalue weighted by atomic mass is 9.76. The third kappa shape index (κ3) is 4.57. The molecule has 186 valence electrons. The molecule has 0 unspecified atom stereocenters. The molecule has 12 nitrogen and oxygen atoms in total. The minimum atomic E-state index is -0.953. The van der Waals surface area contributed by atoms with Crippen molar-refractivity contribution in [2.75, 3.05) is 6.54 Å². The summed E-state index contributed by atoms with van der Waals surface area (Å²) >= 11 is 0. The van der Waals surface area contributed by atoms with Crippen LogP contribution in [0.4, 0.5) is 11.4 Å². The molecule has 0 N–H and O–H groups in total. The molecule has 3 atom stereocenters. The van der Waals surface area contributed by atoms with Gasteiger partial charge in [-0.1, -0.05) is 25.1 Å². The van der Waals surface area contributed by atoms with Gasteiger partial charge < -0.3 is 0 Å². The minimum Gasteiger partial charge on any atom is -0.292 e. The van der Waals surface area contributed by atoms with Crippen molar-refractivity contribution in [3.8, 4) is 0 Å². The maximum Gasteiger partial charge on any atom is 0.273 e. The van der Waals surface area contributed by atoms with Crippen LogP contribution in [0.2, 0.25) is 0 Å². The number of Topliss-reactive ketones (excluding diaryl/α,β-unsaturated/α-hetero) is 1. The summed E-state index contributed by atoms with van der Waals surface area (Å²) in [5.74, 6) is -3.97. The van der Waals surface area contributed by atoms with E-state index in [0.29, 0.717) is 22.9 Å². The van der Waals surface area contributed by atoms with E-state index < -0.39 is 51.7 Å². The highest BCUT2D eigenvalue weighted by atomic mass is 16.6. The zero-order valence-electron chi connectivity index (χ0n) is 19.2. The molecule has 0 aromatic heterocycles. The zero-order chi connectivity index (χ0) is 26.1. The van der Waals surface area contributed by atoms with Gasteiger partial charge >= 0.3 is 0 Å². The Morgan fingerprint density at radius 3 is 2.08 bits per heavy atom. The Kier molecular flexibility index (Phi) is 6.60. The number of nitro benzene ring substituents is 2. The second-order valence-corrected chi connectivity index (χ2v) is 9.02. The summed E-state index contributed by atoms with van der Waals surface area (Å²) in [6.07, 6.45) is 1.66. The lowest BCUT2D eigenvalue weighted by molar-refractivity contribution is -0.385. The Balaban J connectivity index is 1.72. The molecular formula is C24H22N4O8. The van der Waals surface area contributed by atoms with Gasteiger partial charge in [0.05, 0.1) is 21.7 Å². The van der Waals surface area contributed by atoms with Crippen LogP contribution in [-0.4, -0.2) is 49.9 Å². The molecule has 0 bridgehead atoms. The van der Waals surface area contributed by atoms with Gasteiger partial charge in [0.25, 0.3) is 29.1 Å². The smallest absolute Gasteiger partial charge is 0.273 e. The number of fused-ring (bicyclic) bond motifs is 1. The lowest BCUT2D eigenvalue weighted by Crippen LogP contribution is -2.52. The topological polar surface area (TPSA) is 161 Å². The molecular weight excluding hydrogens is 472 g/mol. The fourth-order valence-electron chi connectivity index (χ4n) is 4.77. The number of carbonyl (C=O) groups is 4. The van der Waals surface area contributed by atoms with E-state index in [1.165, 1.54) is 36.4 Å². The van der Waals surface area contributed by atoms with E-state index in [9.17, 15) is 39.4 Å². The predicted molar refractivity (Wildman–Crippen MR) is 123 cm³/mol. The van der Waals surface area contributed by atoms with E-state index >= 15 is 0 Å². The highest BCUT2D eigenvalue weighted by Gasteiger charge is 2.52. The number of ketones is 1. The standard InChI is InChI=1S/C24H22N4O8/c1-14-8-9-19-20(10-14)24(32)26(23(19)31)25(22(30)16-5-3-7-18(12-16)28(35)36)13-21(29)15-4-2-6-17(11-15)27(33)34/h2-7,11-12,14,19-20H,8-10,13H2,1H3/t14-,19-,20+/m1/s1. The second-order valence-electron chi connectivity index (χ2n) is 9.02. The van der Waals surface area contributed by atoms with Gasteiger partial charge in [0, 0.05) is 35.4 Å². The fraction of sp³-hybridized carbons (Fsp3) is 0.333. The van der Waals surface area contributed by atoms with Crippen molar-refractivity contribution in [1.82, 2.24) is 10.0 Å². The summed E-state index contributed by atoms with van der Waals surface area (Å²) in [6, 6.07) is 9.59. The molecule has 1 aliphatic heterocycles. The average molecular weight is 494 g/mol. The van der Waals surface area contributed by atoms with E-state index in [0.717, 1.165) is 18.6 Å². The first kappa shape index (κ1) is 24.6. The van der Waals surface area contributed by atoms with Crippen molar-refractivity contribution in [1.29, 1.82) is 0 Å². The number of amides is 3. The number of rotatable bonds is 7. The largest absolute Gasteiger partial charge is 0.292 e. The summed E-state index contributed by atoms with van der Waals surface area (Å²) in [4.78, 5) is 74.2. The minimum absolute atomic E-state index is 0.0915. The Bertz CT molecular complexity index is 1290. The Labute approximate surface area is 204 Å². The highest BCUT2D eigenvalue weighted by Crippen LogP contribution is 2.41. The summed E-state index contributed by atoms with van der Waals surface area (Å²) in [6.45, 7) is 1.20. The average Bonchev–Trinajstić information content (AvgIpc) is 3.11. The van der Waals surface area contributed by atoms with E-state index in [1.807, 2.05) is 6.92 Å². The van der Waals surface area contributed by atoms with Crippen molar-refractivity contribution in [3.63, 3.8) is 0 Å². The normalized spacial score (nSPS) is 21.1. The van der Waals surface area contributed by atoms with E-state index in [1.54, 1.807) is 0 Å². The molecule has 4 rings (SSSR count). The lowest BCUT2D eigenvalue weighted by Gasteiger charge is -2.30. The van der Waals surface area contributed by atoms with Gasteiger partial charge in [-0.05, 0) is 31.2 Å². The number of hydrogen-bond acceptors (Lipinski definition) is 8. The maximum atomic E-state index is 13.5. The van der Waals surface area contributed by atoms with Gasteiger partial charge in [0.1, 0.15) is 6.54 Å². The van der Waals surface area contributed by atoms with Gasteiger partial charge in [-0.25, -0.2) is 5.01 Å². The Morgan fingerprint density at radius 1 is 0.917 bits per heavy atom. The third-order valence-electron chi connectivity index (χ3n) is 6.62. The Morgan fingerprint density at radius 2 is 1.47 bits per heavy atom. The predicted octanol–water partition coefficient (Wildman–Crippen LogP) is 3.16. The molecule has 2 fully saturated rings. The van der Waals surface area contributed by atoms with Crippen molar-refractivity contribution in [2.45, 2.75) is 26.2 Å². The van der Waals surface area contributed by atoms with Crippen molar-refractivity contribution in [2.24, 2.45) is 17.8 Å². The quantitative estimate of drug-likeness (QED) is 0.245. The van der Waals surface area contributed by atoms with Gasteiger partial charge in [-0.2, -0.15) is 5.01 Å². The van der Waals surface area contributed by atoms with Crippen molar-refractivity contribution < 1.29 is 29.0 Å². The molecule has 0 radical (unpaired) electrons. The summed E-state index contributed by atoms with van der Waals surface area (Å²) in [5, 5.41) is 23.7. The highest BCUT2D eigenvalue weighted by molar-refractivity contribution is 6.09. The molecule has 1 aliphatic carbocycles. The second kappa shape index (κ2) is 9.64. The van der Waals surface area contributed by atoms with Crippen LogP contribution in [0.25, 0.3) is 0 Å². The molecule has 2 aliphatic rings. The van der Waals surface area contributed by atoms with Gasteiger partial charge in [-0.3, -0.25) is 39.4 Å². The van der Waals surface area contributed by atoms with E-state index in [-0.39, 0.29) is 28.4 Å². The number of hydrogen-bond donors (Lipinski definition) is 0. The first-order chi connectivity index (χ1) is 17.1. The van der Waals surface area contributed by atoms with Crippen LogP contribution in [-0.2, 0) is 9.59 Å². The molecule has 1 saturated carbocycles. The third-order valence-corrected chi connectivity index (χ3v) is 6.62. The van der Waals surface area contributed by atoms with Crippen LogP contribution in [0.3, 0.4) is 0 Å². The van der Waals surface area contributed by atoms with E-state index in [4.69, 9.17) is 0 Å². The van der Waals surface area contributed by atoms with Gasteiger partial charge in [0.15, 0.2) is 5.78 Å².